The Kier molecular flexibility index (Phi) is 3.14. The molecule has 0 bridgehead atoms. The Morgan fingerprint density at radius 2 is 2.08 bits per heavy atom. The van der Waals surface area contributed by atoms with Crippen molar-refractivity contribution in [3.8, 4) is 0 Å². The van der Waals surface area contributed by atoms with Crippen molar-refractivity contribution in [2.75, 3.05) is 5.73 Å². The first-order valence-corrected chi connectivity index (χ1v) is 4.79. The zero-order valence-corrected chi connectivity index (χ0v) is 9.63. The maximum atomic E-state index is 12.9. The topological polar surface area (TPSA) is 38.4 Å². The predicted molar refractivity (Wildman–Crippen MR) is 55.7 cm³/mol. The number of anilines is 1. The van der Waals surface area contributed by atoms with E-state index < -0.39 is 5.82 Å². The molecule has 0 aromatic heterocycles. The Labute approximate surface area is 90.8 Å². The second-order valence-electron chi connectivity index (χ2n) is 2.01. The second kappa shape index (κ2) is 3.76. The summed E-state index contributed by atoms with van der Waals surface area (Å²) in [5.41, 5.74) is 6.10. The molecule has 0 atom stereocenters. The molecule has 0 heterocycles. The van der Waals surface area contributed by atoms with Crippen LogP contribution in [0.1, 0.15) is 0 Å². The average Bonchev–Trinajstić information content (AvgIpc) is 2.01. The van der Waals surface area contributed by atoms with E-state index >= 15 is 0 Å². The summed E-state index contributed by atoms with van der Waals surface area (Å²) in [6.07, 6.45) is 0. The van der Waals surface area contributed by atoms with Gasteiger partial charge in [0, 0.05) is 16.9 Å². The minimum absolute atomic E-state index is 0.189. The fraction of sp³-hybridized carbons (Fsp3) is 0. The zero-order chi connectivity index (χ0) is 9.30. The summed E-state index contributed by atoms with van der Waals surface area (Å²) in [4.78, 5) is 0. The van der Waals surface area contributed by atoms with Gasteiger partial charge >= 0.3 is 0 Å². The van der Waals surface area contributed by atoms with Crippen LogP contribution < -0.4 is 5.73 Å². The van der Waals surface area contributed by atoms with Crippen LogP contribution in [-0.4, -0.2) is 0 Å². The van der Waals surface area contributed by atoms with Gasteiger partial charge in [0.25, 0.3) is 0 Å². The molecule has 2 nitrogen and oxygen atoms in total. The summed E-state index contributed by atoms with van der Waals surface area (Å²) in [5, 5.41) is 0. The third-order valence-corrected chi connectivity index (χ3v) is 2.87. The van der Waals surface area contributed by atoms with E-state index in [1.54, 1.807) is 0 Å². The number of benzene rings is 1. The molecular formula is C6H3Br2FN2S. The highest BCUT2D eigenvalue weighted by molar-refractivity contribution is 9.11. The number of halogens is 3. The first-order valence-electron chi connectivity index (χ1n) is 2.84. The smallest absolute Gasteiger partial charge is 0.140 e. The van der Waals surface area contributed by atoms with Crippen molar-refractivity contribution in [1.29, 1.82) is 0 Å². The SMILES string of the molecule is Nc1c(Br)c(F)cc(Br)c1N=S. The van der Waals surface area contributed by atoms with Crippen LogP contribution in [0.5, 0.6) is 0 Å². The molecule has 0 saturated carbocycles. The third-order valence-electron chi connectivity index (χ3n) is 1.27. The van der Waals surface area contributed by atoms with Gasteiger partial charge in [-0.1, -0.05) is 0 Å². The summed E-state index contributed by atoms with van der Waals surface area (Å²) >= 11 is 10.5. The summed E-state index contributed by atoms with van der Waals surface area (Å²) in [6.45, 7) is 0. The van der Waals surface area contributed by atoms with Gasteiger partial charge in [-0.2, -0.15) is 4.36 Å². The molecule has 1 rings (SSSR count). The molecule has 0 spiro atoms. The molecule has 0 aliphatic heterocycles. The number of nitrogens with zero attached hydrogens (tertiary/aromatic N) is 1. The van der Waals surface area contributed by atoms with E-state index in [4.69, 9.17) is 5.73 Å². The van der Waals surface area contributed by atoms with Gasteiger partial charge in [-0.15, -0.1) is 0 Å². The number of nitrogens with two attached hydrogens (primary N) is 1. The van der Waals surface area contributed by atoms with Crippen LogP contribution in [0.2, 0.25) is 0 Å². The molecule has 0 fully saturated rings. The fourth-order valence-corrected chi connectivity index (χ4v) is 1.82. The minimum atomic E-state index is -0.443. The van der Waals surface area contributed by atoms with Gasteiger partial charge < -0.3 is 5.73 Å². The van der Waals surface area contributed by atoms with Crippen LogP contribution in [0.15, 0.2) is 19.4 Å². The highest BCUT2D eigenvalue weighted by Gasteiger charge is 2.11. The largest absolute Gasteiger partial charge is 0.396 e. The van der Waals surface area contributed by atoms with Gasteiger partial charge in [-0.25, -0.2) is 4.39 Å². The molecule has 12 heavy (non-hydrogen) atoms. The summed E-state index contributed by atoms with van der Waals surface area (Å²) in [5.74, 6) is -0.443. The molecule has 64 valence electrons. The maximum absolute atomic E-state index is 12.9. The van der Waals surface area contributed by atoms with Crippen LogP contribution in [0.25, 0.3) is 0 Å². The Balaban J connectivity index is 3.51. The Bertz CT molecular complexity index is 343. The van der Waals surface area contributed by atoms with E-state index in [0.717, 1.165) is 0 Å². The lowest BCUT2D eigenvalue weighted by molar-refractivity contribution is 0.621. The lowest BCUT2D eigenvalue weighted by Gasteiger charge is -2.04. The lowest BCUT2D eigenvalue weighted by atomic mass is 10.3. The molecule has 1 aromatic rings. The molecule has 6 heteroatoms. The second-order valence-corrected chi connectivity index (χ2v) is 3.84. The monoisotopic (exact) mass is 312 g/mol. The van der Waals surface area contributed by atoms with E-state index in [-0.39, 0.29) is 10.2 Å². The molecular weight excluding hydrogens is 311 g/mol. The van der Waals surface area contributed by atoms with Crippen LogP contribution in [0.4, 0.5) is 15.8 Å². The highest BCUT2D eigenvalue weighted by atomic mass is 79.9. The number of hydrogen-bond donors (Lipinski definition) is 1. The predicted octanol–water partition coefficient (Wildman–Crippen LogP) is 3.29. The standard InChI is InChI=1S/C6H3Br2FN2S/c7-2-1-3(9)4(8)5(10)6(2)11-12/h1H,10H2. The Morgan fingerprint density at radius 3 is 2.58 bits per heavy atom. The fourth-order valence-electron chi connectivity index (χ4n) is 0.697. The molecule has 0 saturated heterocycles. The van der Waals surface area contributed by atoms with E-state index in [9.17, 15) is 4.39 Å². The lowest BCUT2D eigenvalue weighted by Crippen LogP contribution is -1.91. The minimum Gasteiger partial charge on any atom is -0.396 e. The molecule has 0 unspecified atom stereocenters. The van der Waals surface area contributed by atoms with Gasteiger partial charge in [0.2, 0.25) is 0 Å². The number of rotatable bonds is 1. The molecule has 0 amide bonds. The van der Waals surface area contributed by atoms with E-state index in [2.05, 4.69) is 48.6 Å². The van der Waals surface area contributed by atoms with E-state index in [1.807, 2.05) is 0 Å². The van der Waals surface area contributed by atoms with Crippen molar-refractivity contribution < 1.29 is 4.39 Å². The van der Waals surface area contributed by atoms with Crippen molar-refractivity contribution in [1.82, 2.24) is 0 Å². The maximum Gasteiger partial charge on any atom is 0.140 e. The molecule has 1 aromatic carbocycles. The molecule has 0 radical (unpaired) electrons. The van der Waals surface area contributed by atoms with E-state index in [1.165, 1.54) is 6.07 Å². The van der Waals surface area contributed by atoms with Gasteiger partial charge in [-0.3, -0.25) is 0 Å². The third kappa shape index (κ3) is 1.65. The van der Waals surface area contributed by atoms with Crippen molar-refractivity contribution in [2.45, 2.75) is 0 Å². The zero-order valence-electron chi connectivity index (χ0n) is 5.64. The van der Waals surface area contributed by atoms with Crippen LogP contribution >= 0.6 is 31.9 Å². The highest BCUT2D eigenvalue weighted by Crippen LogP contribution is 2.38. The summed E-state index contributed by atoms with van der Waals surface area (Å²) < 4.78 is 17.1. The number of nitrogen functional groups attached to an aromatic ring is 1. The quantitative estimate of drug-likeness (QED) is 0.638. The molecule has 0 aliphatic carbocycles. The van der Waals surface area contributed by atoms with Gasteiger partial charge in [0.15, 0.2) is 0 Å². The normalized spacial score (nSPS) is 9.92. The van der Waals surface area contributed by atoms with Gasteiger partial charge in [-0.05, 0) is 37.9 Å². The van der Waals surface area contributed by atoms with Crippen molar-refractivity contribution in [2.24, 2.45) is 4.36 Å². The van der Waals surface area contributed by atoms with Gasteiger partial charge in [0.05, 0.1) is 10.2 Å². The average molecular weight is 314 g/mol. The van der Waals surface area contributed by atoms with Crippen LogP contribution in [0.3, 0.4) is 0 Å². The van der Waals surface area contributed by atoms with E-state index in [0.29, 0.717) is 10.2 Å². The summed E-state index contributed by atoms with van der Waals surface area (Å²) in [7, 11) is 0. The molecule has 2 N–H and O–H groups in total. The first kappa shape index (κ1) is 10.0. The van der Waals surface area contributed by atoms with Crippen molar-refractivity contribution in [3.05, 3.63) is 20.8 Å². The van der Waals surface area contributed by atoms with Crippen LogP contribution in [0, 0.1) is 5.82 Å². The Hall–Kier alpha value is -0.0700. The summed E-state index contributed by atoms with van der Waals surface area (Å²) in [6, 6.07) is 1.26. The van der Waals surface area contributed by atoms with Crippen LogP contribution in [-0.2, 0) is 12.4 Å². The number of hydrogen-bond acceptors (Lipinski definition) is 3. The Morgan fingerprint density at radius 1 is 1.50 bits per heavy atom. The molecule has 0 aliphatic rings. The first-order chi connectivity index (χ1) is 5.57. The van der Waals surface area contributed by atoms with Gasteiger partial charge in [0.1, 0.15) is 11.5 Å². The van der Waals surface area contributed by atoms with Crippen molar-refractivity contribution in [3.63, 3.8) is 0 Å². The van der Waals surface area contributed by atoms with Crippen molar-refractivity contribution >= 4 is 55.7 Å².